The maximum absolute atomic E-state index is 12.6. The number of amides is 1. The van der Waals surface area contributed by atoms with Crippen molar-refractivity contribution >= 4 is 40.7 Å². The summed E-state index contributed by atoms with van der Waals surface area (Å²) in [5.74, 6) is 0.0813. The number of nitrogens with one attached hydrogen (secondary N) is 1. The van der Waals surface area contributed by atoms with E-state index in [2.05, 4.69) is 10.2 Å². The minimum atomic E-state index is -0.00555. The first-order chi connectivity index (χ1) is 12.5. The number of likely N-dealkylation sites (tertiary alicyclic amines) is 1. The van der Waals surface area contributed by atoms with Crippen LogP contribution in [0, 0.1) is 5.92 Å². The van der Waals surface area contributed by atoms with E-state index in [0.29, 0.717) is 21.6 Å². The highest BCUT2D eigenvalue weighted by molar-refractivity contribution is 6.42. The molecule has 0 saturated carbocycles. The predicted octanol–water partition coefficient (Wildman–Crippen LogP) is 5.18. The van der Waals surface area contributed by atoms with E-state index in [0.717, 1.165) is 43.6 Å². The second-order valence-corrected chi connectivity index (χ2v) is 7.85. The molecule has 1 saturated heterocycles. The van der Waals surface area contributed by atoms with Crippen molar-refractivity contribution in [3.63, 3.8) is 0 Å². The van der Waals surface area contributed by atoms with Gasteiger partial charge >= 0.3 is 0 Å². The molecule has 1 amide bonds. The van der Waals surface area contributed by atoms with Crippen molar-refractivity contribution in [1.29, 1.82) is 0 Å². The van der Waals surface area contributed by atoms with Crippen LogP contribution in [0.25, 0.3) is 0 Å². The summed E-state index contributed by atoms with van der Waals surface area (Å²) in [5.41, 5.74) is 2.04. The number of benzene rings is 2. The summed E-state index contributed by atoms with van der Waals surface area (Å²) >= 11 is 18.2. The molecule has 0 bridgehead atoms. The van der Waals surface area contributed by atoms with Crippen molar-refractivity contribution in [1.82, 2.24) is 10.2 Å². The predicted molar refractivity (Wildman–Crippen MR) is 108 cm³/mol. The molecule has 3 rings (SSSR count). The SMILES string of the molecule is O=C(NCc1ccccc1Cl)C1CCCN(Cc2ccc(Cl)c(Cl)c2)C1. The van der Waals surface area contributed by atoms with Gasteiger partial charge in [0.05, 0.1) is 16.0 Å². The van der Waals surface area contributed by atoms with Crippen molar-refractivity contribution in [2.24, 2.45) is 5.92 Å². The van der Waals surface area contributed by atoms with Gasteiger partial charge in [-0.05, 0) is 48.7 Å². The van der Waals surface area contributed by atoms with Gasteiger partial charge in [-0.1, -0.05) is 59.1 Å². The molecule has 2 aromatic rings. The maximum Gasteiger partial charge on any atom is 0.224 e. The average Bonchev–Trinajstić information content (AvgIpc) is 2.64. The number of halogens is 3. The fraction of sp³-hybridized carbons (Fsp3) is 0.350. The summed E-state index contributed by atoms with van der Waals surface area (Å²) in [7, 11) is 0. The van der Waals surface area contributed by atoms with Crippen LogP contribution in [0.4, 0.5) is 0 Å². The Kier molecular flexibility index (Phi) is 6.82. The van der Waals surface area contributed by atoms with E-state index in [9.17, 15) is 4.79 Å². The van der Waals surface area contributed by atoms with Gasteiger partial charge in [0.15, 0.2) is 0 Å². The molecule has 0 aliphatic carbocycles. The highest BCUT2D eigenvalue weighted by Gasteiger charge is 2.25. The van der Waals surface area contributed by atoms with E-state index >= 15 is 0 Å². The third kappa shape index (κ3) is 5.14. The second kappa shape index (κ2) is 9.09. The van der Waals surface area contributed by atoms with E-state index in [1.165, 1.54) is 0 Å². The van der Waals surface area contributed by atoms with Gasteiger partial charge in [0.2, 0.25) is 5.91 Å². The molecule has 1 atom stereocenters. The lowest BCUT2D eigenvalue weighted by Crippen LogP contribution is -2.42. The topological polar surface area (TPSA) is 32.3 Å². The summed E-state index contributed by atoms with van der Waals surface area (Å²) in [6.07, 6.45) is 1.91. The molecular formula is C20H21Cl3N2O. The number of piperidine rings is 1. The van der Waals surface area contributed by atoms with Gasteiger partial charge in [-0.25, -0.2) is 0 Å². The number of carbonyl (C=O) groups is 1. The molecule has 2 aromatic carbocycles. The molecule has 1 aliphatic heterocycles. The van der Waals surface area contributed by atoms with E-state index in [1.807, 2.05) is 42.5 Å². The fourth-order valence-corrected chi connectivity index (χ4v) is 3.80. The number of hydrogen-bond acceptors (Lipinski definition) is 2. The standard InChI is InChI=1S/C20H21Cl3N2O/c21-17-6-2-1-4-15(17)11-24-20(26)16-5-3-9-25(13-16)12-14-7-8-18(22)19(23)10-14/h1-2,4,6-8,10,16H,3,5,9,11-13H2,(H,24,26). The van der Waals surface area contributed by atoms with Crippen molar-refractivity contribution in [3.05, 3.63) is 68.7 Å². The summed E-state index contributed by atoms with van der Waals surface area (Å²) < 4.78 is 0. The van der Waals surface area contributed by atoms with Gasteiger partial charge in [-0.15, -0.1) is 0 Å². The van der Waals surface area contributed by atoms with Gasteiger partial charge in [0.25, 0.3) is 0 Å². The van der Waals surface area contributed by atoms with Crippen LogP contribution in [-0.2, 0) is 17.9 Å². The highest BCUT2D eigenvalue weighted by atomic mass is 35.5. The normalized spacial score (nSPS) is 17.9. The van der Waals surface area contributed by atoms with E-state index < -0.39 is 0 Å². The molecule has 1 aliphatic rings. The molecule has 1 heterocycles. The van der Waals surface area contributed by atoms with Gasteiger partial charge in [0.1, 0.15) is 0 Å². The molecule has 26 heavy (non-hydrogen) atoms. The Labute approximate surface area is 169 Å². The summed E-state index contributed by atoms with van der Waals surface area (Å²) in [5, 5.41) is 4.83. The maximum atomic E-state index is 12.6. The fourth-order valence-electron chi connectivity index (χ4n) is 3.28. The zero-order valence-corrected chi connectivity index (χ0v) is 16.6. The summed E-state index contributed by atoms with van der Waals surface area (Å²) in [6, 6.07) is 13.3. The van der Waals surface area contributed by atoms with Gasteiger partial charge in [-0.3, -0.25) is 9.69 Å². The largest absolute Gasteiger partial charge is 0.352 e. The number of hydrogen-bond donors (Lipinski definition) is 1. The lowest BCUT2D eigenvalue weighted by Gasteiger charge is -2.32. The van der Waals surface area contributed by atoms with Gasteiger partial charge < -0.3 is 5.32 Å². The first-order valence-electron chi connectivity index (χ1n) is 8.70. The Morgan fingerprint density at radius 2 is 1.88 bits per heavy atom. The molecule has 1 fully saturated rings. The third-order valence-corrected chi connectivity index (χ3v) is 5.79. The molecule has 3 nitrogen and oxygen atoms in total. The van der Waals surface area contributed by atoms with E-state index in [-0.39, 0.29) is 11.8 Å². The lowest BCUT2D eigenvalue weighted by atomic mass is 9.96. The minimum Gasteiger partial charge on any atom is -0.352 e. The number of rotatable bonds is 5. The van der Waals surface area contributed by atoms with Crippen LogP contribution in [0.3, 0.4) is 0 Å². The van der Waals surface area contributed by atoms with E-state index in [4.69, 9.17) is 34.8 Å². The molecule has 0 radical (unpaired) electrons. The monoisotopic (exact) mass is 410 g/mol. The molecule has 1 unspecified atom stereocenters. The van der Waals surface area contributed by atoms with Crippen LogP contribution in [-0.4, -0.2) is 23.9 Å². The zero-order chi connectivity index (χ0) is 18.5. The Morgan fingerprint density at radius 1 is 1.08 bits per heavy atom. The molecule has 0 aromatic heterocycles. The highest BCUT2D eigenvalue weighted by Crippen LogP contribution is 2.25. The Balaban J connectivity index is 1.54. The first-order valence-corrected chi connectivity index (χ1v) is 9.83. The van der Waals surface area contributed by atoms with Crippen LogP contribution in [0.1, 0.15) is 24.0 Å². The smallest absolute Gasteiger partial charge is 0.224 e. The van der Waals surface area contributed by atoms with Crippen LogP contribution < -0.4 is 5.32 Å². The van der Waals surface area contributed by atoms with Crippen LogP contribution >= 0.6 is 34.8 Å². The van der Waals surface area contributed by atoms with Crippen LogP contribution in [0.15, 0.2) is 42.5 Å². The second-order valence-electron chi connectivity index (χ2n) is 6.63. The van der Waals surface area contributed by atoms with Crippen LogP contribution in [0.2, 0.25) is 15.1 Å². The average molecular weight is 412 g/mol. The first kappa shape index (κ1) is 19.5. The summed E-state index contributed by atoms with van der Waals surface area (Å²) in [4.78, 5) is 14.9. The van der Waals surface area contributed by atoms with Gasteiger partial charge in [0, 0.05) is 24.7 Å². The third-order valence-electron chi connectivity index (χ3n) is 4.68. The molecule has 6 heteroatoms. The minimum absolute atomic E-state index is 0.00555. The molecule has 138 valence electrons. The van der Waals surface area contributed by atoms with Crippen molar-refractivity contribution in [3.8, 4) is 0 Å². The van der Waals surface area contributed by atoms with Crippen molar-refractivity contribution < 1.29 is 4.79 Å². The molecule has 1 N–H and O–H groups in total. The lowest BCUT2D eigenvalue weighted by molar-refractivity contribution is -0.126. The zero-order valence-electron chi connectivity index (χ0n) is 14.4. The van der Waals surface area contributed by atoms with E-state index in [1.54, 1.807) is 0 Å². The molecular weight excluding hydrogens is 391 g/mol. The number of nitrogens with zero attached hydrogens (tertiary/aromatic N) is 1. The molecule has 0 spiro atoms. The number of carbonyl (C=O) groups excluding carboxylic acids is 1. The quantitative estimate of drug-likeness (QED) is 0.735. The Bertz CT molecular complexity index is 781. The van der Waals surface area contributed by atoms with Crippen molar-refractivity contribution in [2.45, 2.75) is 25.9 Å². The Hall–Kier alpha value is -1.26. The Morgan fingerprint density at radius 3 is 2.65 bits per heavy atom. The van der Waals surface area contributed by atoms with Crippen molar-refractivity contribution in [2.75, 3.05) is 13.1 Å². The summed E-state index contributed by atoms with van der Waals surface area (Å²) in [6.45, 7) is 2.95. The van der Waals surface area contributed by atoms with Crippen LogP contribution in [0.5, 0.6) is 0 Å². The van der Waals surface area contributed by atoms with Gasteiger partial charge in [-0.2, -0.15) is 0 Å².